The topological polar surface area (TPSA) is 401 Å². The van der Waals surface area contributed by atoms with Gasteiger partial charge in [0.1, 0.15) is 90.1 Å². The van der Waals surface area contributed by atoms with Crippen LogP contribution in [0.3, 0.4) is 0 Å². The molecule has 4 aliphatic carbocycles. The SMILES string of the molecule is CC(=O)c1nn(CC(=O)N2C[C@H](F)C[C@H]2C(=O)N[C@@H]2C[C@H]2c2ccccc2Cl)c2ccc(-c3cnc(C)nc3)cc12.CC(=O)c1nn(CC(=O)O)c2ccc(-c3cnc(C)nc3)cc12.CC(C)(C)OC(=O)N1C[C@H](F)C[C@H]1C(=O)NC1CC1c1ccccc1Cl.CC(C)(C)OC(=O)N1C[C@H](F)C[C@H]1C(=O)O.Cl.NC1CC1c1ccccc1Cl.O=C(NC1CC1c1ccccc1Cl)[C@@H]1C[C@@H](F)CN1.S.S=S.S=S=S.S=S=S=S.[3H][B][3H].[U]. The first kappa shape index (κ1) is 126. The maximum atomic E-state index is 14.6. The van der Waals surface area contributed by atoms with Gasteiger partial charge in [-0.15, -0.1) is 12.4 Å². The van der Waals surface area contributed by atoms with Crippen LogP contribution < -0.4 is 27.0 Å². The van der Waals surface area contributed by atoms with Gasteiger partial charge in [0.15, 0.2) is 11.6 Å². The minimum absolute atomic E-state index is 0. The third kappa shape index (κ3) is 37.5. The average Bonchev–Trinajstić information content (AvgIpc) is 1.63. The third-order valence-electron chi connectivity index (χ3n) is 24.0. The van der Waals surface area contributed by atoms with Crippen molar-refractivity contribution in [1.82, 2.24) is 75.5 Å². The fourth-order valence-corrected chi connectivity index (χ4v) is 17.9. The van der Waals surface area contributed by atoms with Gasteiger partial charge in [0.25, 0.3) is 0 Å². The Morgan fingerprint density at radius 1 is 0.497 bits per heavy atom. The Hall–Kier alpha value is -8.34. The van der Waals surface area contributed by atoms with Gasteiger partial charge >= 0.3 is 24.1 Å². The zero-order chi connectivity index (χ0) is 109. The number of carbonyl (C=O) groups excluding carboxylic acids is 8. The summed E-state index contributed by atoms with van der Waals surface area (Å²) < 4.78 is 79.1. The Kier molecular flexibility index (Phi) is 50.6. The normalized spacial score (nSPS) is 22.0. The number of amides is 6. The van der Waals surface area contributed by atoms with E-state index < -0.39 is 84.0 Å². The maximum absolute atomic E-state index is 14.6. The molecule has 799 valence electrons. The number of aromatic nitrogens is 8. The van der Waals surface area contributed by atoms with E-state index in [0.29, 0.717) is 69.7 Å². The Morgan fingerprint density at radius 2 is 0.819 bits per heavy atom. The Labute approximate surface area is 960 Å². The van der Waals surface area contributed by atoms with E-state index in [-0.39, 0.29) is 199 Å². The van der Waals surface area contributed by atoms with Gasteiger partial charge in [-0.2, -0.15) is 23.7 Å². The van der Waals surface area contributed by atoms with E-state index in [4.69, 9.17) is 74.5 Å². The number of hydrogen-bond donors (Lipinski definition) is 7. The molecule has 18 rings (SSSR count). The molecule has 149 heavy (non-hydrogen) atoms. The number of benzene rings is 6. The van der Waals surface area contributed by atoms with Crippen molar-refractivity contribution in [2.75, 3.05) is 26.2 Å². The van der Waals surface area contributed by atoms with Crippen LogP contribution in [0.15, 0.2) is 158 Å². The van der Waals surface area contributed by atoms with E-state index >= 15 is 0 Å². The van der Waals surface area contributed by atoms with Crippen LogP contribution in [0.25, 0.3) is 44.1 Å². The number of ether oxygens (including phenoxy) is 2. The second-order valence-electron chi connectivity index (χ2n) is 37.2. The molecule has 1 radical (unpaired) electrons. The molecule has 4 aromatic heterocycles. The summed E-state index contributed by atoms with van der Waals surface area (Å²) in [5, 5.41) is 42.3. The van der Waals surface area contributed by atoms with Crippen molar-refractivity contribution in [3.63, 3.8) is 0 Å². The van der Waals surface area contributed by atoms with Crippen LogP contribution in [0.1, 0.15) is 185 Å². The van der Waals surface area contributed by atoms with E-state index in [1.807, 2.05) is 115 Å². The van der Waals surface area contributed by atoms with E-state index in [1.165, 1.54) is 56.3 Å². The number of nitrogens with one attached hydrogen (secondary N) is 4. The summed E-state index contributed by atoms with van der Waals surface area (Å²) in [5.74, 6) is -1.56. The fraction of sp³-hybridized carbons (Fsp3) is 0.429. The van der Waals surface area contributed by atoms with Gasteiger partial charge in [0.2, 0.25) is 23.6 Å². The molecule has 4 aliphatic heterocycles. The molecule has 0 spiro atoms. The predicted octanol–water partition coefficient (Wildman–Crippen LogP) is 15.2. The number of fused-ring (bicyclic) bond motifs is 2. The molecule has 51 heteroatoms. The van der Waals surface area contributed by atoms with Crippen molar-refractivity contribution in [2.45, 2.75) is 242 Å². The van der Waals surface area contributed by atoms with Gasteiger partial charge in [-0.3, -0.25) is 52.7 Å². The number of carbonyl (C=O) groups is 10. The molecule has 8 N–H and O–H groups in total. The zero-order valence-electron chi connectivity index (χ0n) is 84.1. The van der Waals surface area contributed by atoms with Crippen molar-refractivity contribution in [1.29, 1.82) is 2.67 Å². The third-order valence-corrected chi connectivity index (χ3v) is 27.6. The van der Waals surface area contributed by atoms with E-state index in [1.54, 1.807) is 92.3 Å². The molecule has 30 nitrogen and oxygen atoms in total. The minimum atomic E-state index is -1.31. The summed E-state index contributed by atoms with van der Waals surface area (Å²) in [6, 6.07) is 38.6. The van der Waals surface area contributed by atoms with Crippen molar-refractivity contribution in [3.05, 3.63) is 224 Å². The number of likely N-dealkylation sites (tertiary alicyclic amines) is 3. The molecule has 8 heterocycles. The number of ketones is 2. The predicted molar refractivity (Wildman–Crippen MR) is 597 cm³/mol. The Morgan fingerprint density at radius 3 is 1.13 bits per heavy atom. The van der Waals surface area contributed by atoms with E-state index in [0.717, 1.165) is 88.5 Å². The molecule has 8 fully saturated rings. The minimum Gasteiger partial charge on any atom is -0.480 e. The van der Waals surface area contributed by atoms with Gasteiger partial charge in [-0.25, -0.2) is 51.9 Å². The van der Waals surface area contributed by atoms with Crippen LogP contribution in [-0.4, -0.2) is 245 Å². The molecule has 4 saturated heterocycles. The first-order valence-electron chi connectivity index (χ1n) is 46.9. The van der Waals surface area contributed by atoms with Gasteiger partial charge in [0, 0.05) is 286 Å². The Balaban J connectivity index is 0.000000280. The summed E-state index contributed by atoms with van der Waals surface area (Å²) >= 11 is 48.9. The van der Waals surface area contributed by atoms with Crippen LogP contribution in [0.4, 0.5) is 27.2 Å². The van der Waals surface area contributed by atoms with Crippen molar-refractivity contribution >= 4 is 256 Å². The number of alkyl halides is 4. The molecule has 0 bridgehead atoms. The standard InChI is InChI=1S/C30H28ClFN6O3.C19H24ClFN2O3.C16H14N4O3.C14H16ClFN2O.C10H16FNO4.C9H10ClN.BH2.ClH.S4.S3.S2.H2S.U/c1-16(39)29-23-9-18(19-12-33-17(2)34-13-19)7-8-26(23)38(36-29)15-28(40)37-14-20(32)10-27(37)30(41)35-25-11-22(25)21-5-3-4-6-24(21)31;1-19(2,3)26-18(25)23-10-11(21)8-16(23)17(24)22-15-9-13(15)12-6-4-5-7-14(12)20;1-9(21)16-13-5-11(12-6-17-10(2)18-7-12)3-4-14(13)20(19-16)8-15(22)23;15-11-4-2-1-3-9(11)10-6-12(10)18-14(19)13-5-8(16)7-17-13;1-10(2,3)16-9(15)12-5-6(11)4-7(12)8(13)14;10-8-4-2-1-3-6(8)7-5-9(7)11;;;1-3-4-2;1-3-2;1-2;;/h3-9,12-13,20,22,25,27H,10-11,14-15H2,1-2H3,(H,35,41);4-7,11,13,15-16H,8-10H2,1-3H3,(H,22,24);3-7H,8H2,1-2H3,(H,22,23);1-4,8,10,12-13,17H,5-7H2,(H,18,19);6-7H,4-5H2,1-3H3,(H,13,14);1-4,7,9H,5,11H2;1H2;1H;;;;1H2;/t20-,22+,25-,27+;11-,13?,15?,16+;;8-,10?,12?,13+;6-,7+;;;;;;;;/m11.11......../s1/i;;;;;;1T2;;;;;;. The molecule has 6 amide bonds. The second kappa shape index (κ2) is 59.9. The van der Waals surface area contributed by atoms with Crippen molar-refractivity contribution in [3.8, 4) is 22.3 Å². The monoisotopic (exact) mass is 2560 g/mol. The van der Waals surface area contributed by atoms with Gasteiger partial charge in [-0.05, 0) is 166 Å². The molecule has 10 aromatic rings. The second-order valence-corrected chi connectivity index (χ2v) is 44.1. The summed E-state index contributed by atoms with van der Waals surface area (Å²) in [6.07, 6.45) is 4.19. The number of carboxylic acid groups (broad SMARTS) is 2. The summed E-state index contributed by atoms with van der Waals surface area (Å²) in [7, 11) is 3.76. The van der Waals surface area contributed by atoms with Crippen LogP contribution in [0, 0.1) is 45.0 Å². The molecule has 6 unspecified atom stereocenters. The summed E-state index contributed by atoms with van der Waals surface area (Å²) in [6.45, 7) is 15.9. The molecule has 8 aliphatic rings. The number of rotatable bonds is 19. The number of halogens is 9. The van der Waals surface area contributed by atoms with Gasteiger partial charge < -0.3 is 51.6 Å². The average molecular weight is 2570 g/mol. The maximum Gasteiger partial charge on any atom is 0.411 e. The number of nitrogens with zero attached hydrogens (tertiary/aromatic N) is 11. The summed E-state index contributed by atoms with van der Waals surface area (Å²) in [4.78, 5) is 141. The fourth-order valence-electron chi connectivity index (χ4n) is 16.8. The summed E-state index contributed by atoms with van der Waals surface area (Å²) in [5.41, 5.74) is 13.5. The first-order chi connectivity index (χ1) is 70.2. The zero-order valence-corrected chi connectivity index (χ0v) is 98.5. The number of nitrogens with two attached hydrogens (primary N) is 1. The van der Waals surface area contributed by atoms with Crippen LogP contribution in [0.2, 0.25) is 20.1 Å². The molecule has 6 aromatic carbocycles. The molecular weight excluding hydrogens is 2450 g/mol. The molecular formula is C98H113BCl5F4N16O14S10U. The molecule has 4 saturated carbocycles. The van der Waals surface area contributed by atoms with Crippen molar-refractivity contribution < 1.29 is 116 Å². The van der Waals surface area contributed by atoms with E-state index in [2.05, 4.69) is 125 Å². The van der Waals surface area contributed by atoms with E-state index in [9.17, 15) is 65.5 Å². The number of aliphatic carboxylic acids is 2. The number of carboxylic acids is 2. The van der Waals surface area contributed by atoms with Crippen LogP contribution in [0.5, 0.6) is 0 Å². The smallest absolute Gasteiger partial charge is 0.411 e. The number of Topliss-reactive ketones (excluding diaryl/α,β-unsaturated/α-hetero) is 2. The number of hydrogen-bond acceptors (Lipinski definition) is 26. The quantitative estimate of drug-likeness (QED) is 0.0225. The molecule has 16 atom stereocenters. The van der Waals surface area contributed by atoms with Crippen molar-refractivity contribution in [2.24, 2.45) is 5.73 Å². The van der Waals surface area contributed by atoms with Crippen LogP contribution >= 0.6 is 72.3 Å². The van der Waals surface area contributed by atoms with Gasteiger partial charge in [0.05, 0.1) is 45.0 Å². The van der Waals surface area contributed by atoms with Crippen LogP contribution in [-0.2, 0) is 145 Å². The first-order valence-corrected chi connectivity index (χ1v) is 55.2. The largest absolute Gasteiger partial charge is 0.480 e. The van der Waals surface area contributed by atoms with Gasteiger partial charge in [-0.1, -0.05) is 131 Å². The Bertz CT molecular complexity index is 6540. The number of aryl methyl sites for hydroxylation is 2.